The van der Waals surface area contributed by atoms with Gasteiger partial charge in [-0.25, -0.2) is 0 Å². The van der Waals surface area contributed by atoms with Crippen LogP contribution < -0.4 is 24.0 Å². The number of anilines is 1. The molecule has 34 heavy (non-hydrogen) atoms. The maximum Gasteiger partial charge on any atom is 0.280 e. The van der Waals surface area contributed by atoms with Gasteiger partial charge in [-0.15, -0.1) is 0 Å². The first kappa shape index (κ1) is 22.9. The maximum absolute atomic E-state index is 13.0. The fourth-order valence-electron chi connectivity index (χ4n) is 3.54. The molecule has 7 heteroatoms. The van der Waals surface area contributed by atoms with Gasteiger partial charge in [0, 0.05) is 0 Å². The van der Waals surface area contributed by atoms with Crippen LogP contribution in [0.15, 0.2) is 83.5 Å². The Labute approximate surface area is 198 Å². The maximum atomic E-state index is 13.0. The molecular formula is C27H26N2O5. The average Bonchev–Trinajstić information content (AvgIpc) is 3.16. The van der Waals surface area contributed by atoms with Gasteiger partial charge < -0.3 is 18.9 Å². The molecule has 0 fully saturated rings. The van der Waals surface area contributed by atoms with Crippen molar-refractivity contribution in [2.24, 2.45) is 5.10 Å². The topological polar surface area (TPSA) is 69.6 Å². The van der Waals surface area contributed by atoms with Crippen molar-refractivity contribution >= 4 is 23.4 Å². The van der Waals surface area contributed by atoms with E-state index in [4.69, 9.17) is 18.9 Å². The van der Waals surface area contributed by atoms with Crippen LogP contribution in [0.3, 0.4) is 0 Å². The third-order valence-electron chi connectivity index (χ3n) is 5.20. The Bertz CT molecular complexity index is 1180. The van der Waals surface area contributed by atoms with Crippen molar-refractivity contribution in [2.75, 3.05) is 32.4 Å². The van der Waals surface area contributed by atoms with Crippen LogP contribution in [-0.2, 0) is 4.79 Å². The second-order valence-corrected chi connectivity index (χ2v) is 7.46. The van der Waals surface area contributed by atoms with Gasteiger partial charge in [-0.2, -0.15) is 10.1 Å². The van der Waals surface area contributed by atoms with E-state index >= 15 is 0 Å². The van der Waals surface area contributed by atoms with Crippen LogP contribution >= 0.6 is 0 Å². The lowest BCUT2D eigenvalue weighted by atomic mass is 10.1. The summed E-state index contributed by atoms with van der Waals surface area (Å²) >= 11 is 0. The molecule has 0 bridgehead atoms. The van der Waals surface area contributed by atoms with E-state index in [9.17, 15) is 4.79 Å². The lowest BCUT2D eigenvalue weighted by Crippen LogP contribution is -2.21. The summed E-state index contributed by atoms with van der Waals surface area (Å²) in [5, 5.41) is 5.83. The number of rotatable bonds is 9. The lowest BCUT2D eigenvalue weighted by Gasteiger charge is -2.16. The SMILES string of the molecule is COc1cc(/C=C2/C(=O)N(c3ccccc3)N=C2C)cc(OC)c1OCCOc1ccccc1. The van der Waals surface area contributed by atoms with E-state index in [1.165, 1.54) is 5.01 Å². The van der Waals surface area contributed by atoms with E-state index in [1.54, 1.807) is 32.4 Å². The lowest BCUT2D eigenvalue weighted by molar-refractivity contribution is -0.114. The van der Waals surface area contributed by atoms with E-state index in [0.29, 0.717) is 47.4 Å². The van der Waals surface area contributed by atoms with Crippen molar-refractivity contribution in [1.82, 2.24) is 0 Å². The summed E-state index contributed by atoms with van der Waals surface area (Å²) in [6, 6.07) is 22.5. The van der Waals surface area contributed by atoms with E-state index in [0.717, 1.165) is 11.3 Å². The molecule has 0 aromatic heterocycles. The molecule has 0 unspecified atom stereocenters. The molecule has 1 amide bonds. The highest BCUT2D eigenvalue weighted by Crippen LogP contribution is 2.39. The fraction of sp³-hybridized carbons (Fsp3) is 0.185. The second-order valence-electron chi connectivity index (χ2n) is 7.46. The summed E-state index contributed by atoms with van der Waals surface area (Å²) in [6.45, 7) is 2.48. The number of ether oxygens (including phenoxy) is 4. The zero-order valence-corrected chi connectivity index (χ0v) is 19.4. The van der Waals surface area contributed by atoms with E-state index < -0.39 is 0 Å². The van der Waals surface area contributed by atoms with Crippen LogP contribution in [-0.4, -0.2) is 39.1 Å². The van der Waals surface area contributed by atoms with Gasteiger partial charge in [0.15, 0.2) is 11.5 Å². The second kappa shape index (κ2) is 10.6. The van der Waals surface area contributed by atoms with Crippen molar-refractivity contribution in [3.8, 4) is 23.0 Å². The number of hydrogen-bond donors (Lipinski definition) is 0. The first-order valence-electron chi connectivity index (χ1n) is 10.8. The zero-order chi connectivity index (χ0) is 23.9. The highest BCUT2D eigenvalue weighted by Gasteiger charge is 2.28. The molecule has 1 heterocycles. The largest absolute Gasteiger partial charge is 0.493 e. The molecule has 0 saturated carbocycles. The monoisotopic (exact) mass is 458 g/mol. The van der Waals surface area contributed by atoms with Gasteiger partial charge in [-0.05, 0) is 55.0 Å². The first-order chi connectivity index (χ1) is 16.6. The Kier molecular flexibility index (Phi) is 7.13. The standard InChI is InChI=1S/C27H26N2O5/c1-19-23(27(30)29(28-19)21-10-6-4-7-11-21)16-20-17-24(31-2)26(25(18-20)32-3)34-15-14-33-22-12-8-5-9-13-22/h4-13,16-18H,14-15H2,1-3H3/b23-16+. The smallest absolute Gasteiger partial charge is 0.280 e. The molecule has 0 radical (unpaired) electrons. The van der Waals surface area contributed by atoms with E-state index in [2.05, 4.69) is 5.10 Å². The summed E-state index contributed by atoms with van der Waals surface area (Å²) in [4.78, 5) is 13.0. The molecule has 0 atom stereocenters. The number of carbonyl (C=O) groups is 1. The van der Waals surface area contributed by atoms with Gasteiger partial charge >= 0.3 is 0 Å². The Morgan fingerprint density at radius 2 is 1.44 bits per heavy atom. The Balaban J connectivity index is 1.52. The van der Waals surface area contributed by atoms with Gasteiger partial charge in [0.25, 0.3) is 5.91 Å². The van der Waals surface area contributed by atoms with Crippen LogP contribution in [0.1, 0.15) is 12.5 Å². The third-order valence-corrected chi connectivity index (χ3v) is 5.20. The average molecular weight is 459 g/mol. The van der Waals surface area contributed by atoms with Crippen LogP contribution in [0.5, 0.6) is 23.0 Å². The minimum Gasteiger partial charge on any atom is -0.493 e. The summed E-state index contributed by atoms with van der Waals surface area (Å²) in [6.07, 6.45) is 1.78. The number of methoxy groups -OCH3 is 2. The molecule has 0 spiro atoms. The highest BCUT2D eigenvalue weighted by molar-refractivity contribution is 6.32. The molecule has 1 aliphatic rings. The summed E-state index contributed by atoms with van der Waals surface area (Å²) in [5.74, 6) is 2.03. The molecule has 7 nitrogen and oxygen atoms in total. The normalized spacial score (nSPS) is 14.2. The number of hydrazone groups is 1. The van der Waals surface area contributed by atoms with Crippen LogP contribution in [0.2, 0.25) is 0 Å². The predicted molar refractivity (Wildman–Crippen MR) is 132 cm³/mol. The van der Waals surface area contributed by atoms with Crippen molar-refractivity contribution in [3.63, 3.8) is 0 Å². The van der Waals surface area contributed by atoms with Crippen molar-refractivity contribution < 1.29 is 23.7 Å². The quantitative estimate of drug-likeness (QED) is 0.335. The molecule has 0 aliphatic carbocycles. The molecule has 3 aromatic carbocycles. The molecule has 0 saturated heterocycles. The van der Waals surface area contributed by atoms with Crippen molar-refractivity contribution in [1.29, 1.82) is 0 Å². The fourth-order valence-corrected chi connectivity index (χ4v) is 3.54. The zero-order valence-electron chi connectivity index (χ0n) is 19.4. The van der Waals surface area contributed by atoms with Crippen LogP contribution in [0, 0.1) is 0 Å². The Morgan fingerprint density at radius 3 is 2.06 bits per heavy atom. The number of amides is 1. The Hall–Kier alpha value is -4.26. The van der Waals surface area contributed by atoms with Crippen LogP contribution in [0.25, 0.3) is 6.08 Å². The van der Waals surface area contributed by atoms with Gasteiger partial charge in [-0.3, -0.25) is 4.79 Å². The highest BCUT2D eigenvalue weighted by atomic mass is 16.6. The number of nitrogens with zero attached hydrogens (tertiary/aromatic N) is 2. The van der Waals surface area contributed by atoms with Crippen LogP contribution in [0.4, 0.5) is 5.69 Å². The number of hydrogen-bond acceptors (Lipinski definition) is 6. The number of carbonyl (C=O) groups excluding carboxylic acids is 1. The summed E-state index contributed by atoms with van der Waals surface area (Å²) in [7, 11) is 3.12. The molecule has 0 N–H and O–H groups in total. The first-order valence-corrected chi connectivity index (χ1v) is 10.8. The van der Waals surface area contributed by atoms with Crippen molar-refractivity contribution in [2.45, 2.75) is 6.92 Å². The number of benzene rings is 3. The van der Waals surface area contributed by atoms with Gasteiger partial charge in [0.05, 0.1) is 31.2 Å². The minimum absolute atomic E-state index is 0.194. The third kappa shape index (κ3) is 5.04. The molecule has 3 aromatic rings. The molecule has 4 rings (SSSR count). The Morgan fingerprint density at radius 1 is 0.853 bits per heavy atom. The van der Waals surface area contributed by atoms with Gasteiger partial charge in [-0.1, -0.05) is 36.4 Å². The summed E-state index contributed by atoms with van der Waals surface area (Å²) < 4.78 is 22.7. The minimum atomic E-state index is -0.194. The summed E-state index contributed by atoms with van der Waals surface area (Å²) in [5.41, 5.74) is 2.57. The van der Waals surface area contributed by atoms with E-state index in [1.807, 2.05) is 67.6 Å². The predicted octanol–water partition coefficient (Wildman–Crippen LogP) is 4.97. The van der Waals surface area contributed by atoms with E-state index in [-0.39, 0.29) is 5.91 Å². The molecular weight excluding hydrogens is 432 g/mol. The molecule has 174 valence electrons. The van der Waals surface area contributed by atoms with Gasteiger partial charge in [0.2, 0.25) is 5.75 Å². The van der Waals surface area contributed by atoms with Gasteiger partial charge in [0.1, 0.15) is 19.0 Å². The van der Waals surface area contributed by atoms with Crippen molar-refractivity contribution in [3.05, 3.63) is 83.9 Å². The molecule has 1 aliphatic heterocycles. The number of para-hydroxylation sites is 2.